The molecule has 2 aliphatic rings. The Hall–Kier alpha value is -3.17. The molecule has 9 nitrogen and oxygen atoms in total. The molecule has 0 N–H and O–H groups in total. The summed E-state index contributed by atoms with van der Waals surface area (Å²) in [5.74, 6) is 2.24. The van der Waals surface area contributed by atoms with Gasteiger partial charge >= 0.3 is 0 Å². The summed E-state index contributed by atoms with van der Waals surface area (Å²) in [6.45, 7) is 5.11. The van der Waals surface area contributed by atoms with E-state index < -0.39 is 0 Å². The fourth-order valence-corrected chi connectivity index (χ4v) is 4.94. The van der Waals surface area contributed by atoms with Gasteiger partial charge in [-0.2, -0.15) is 0 Å². The molecule has 0 saturated carbocycles. The molecule has 1 aromatic heterocycles. The van der Waals surface area contributed by atoms with E-state index in [1.54, 1.807) is 14.2 Å². The van der Waals surface area contributed by atoms with Gasteiger partial charge in [-0.05, 0) is 53.1 Å². The first kappa shape index (κ1) is 22.6. The van der Waals surface area contributed by atoms with Gasteiger partial charge in [0.1, 0.15) is 0 Å². The molecule has 5 rings (SSSR count). The van der Waals surface area contributed by atoms with Crippen molar-refractivity contribution in [2.24, 2.45) is 0 Å². The van der Waals surface area contributed by atoms with Crippen molar-refractivity contribution in [2.45, 2.75) is 31.5 Å². The zero-order chi connectivity index (χ0) is 23.3. The van der Waals surface area contributed by atoms with Crippen LogP contribution in [0, 0.1) is 0 Å². The molecule has 2 saturated heterocycles. The van der Waals surface area contributed by atoms with Crippen LogP contribution in [0.3, 0.4) is 0 Å². The minimum atomic E-state index is -0.103. The average molecular weight is 465 g/mol. The SMILES string of the molecule is COc1ccc([C@H](c2nnnn2C[C@@H]2CCCO2)N2CCN(c3ccccc3)CC2)cc1OC. The van der Waals surface area contributed by atoms with E-state index in [0.29, 0.717) is 18.0 Å². The molecule has 0 spiro atoms. The van der Waals surface area contributed by atoms with Crippen molar-refractivity contribution in [1.29, 1.82) is 0 Å². The molecule has 2 fully saturated rings. The minimum absolute atomic E-state index is 0.103. The second-order valence-electron chi connectivity index (χ2n) is 8.73. The van der Waals surface area contributed by atoms with Crippen LogP contribution in [0.4, 0.5) is 5.69 Å². The molecule has 0 amide bonds. The van der Waals surface area contributed by atoms with Crippen LogP contribution in [0.1, 0.15) is 30.3 Å². The predicted molar refractivity (Wildman–Crippen MR) is 128 cm³/mol. The van der Waals surface area contributed by atoms with Gasteiger partial charge in [0.2, 0.25) is 0 Å². The van der Waals surface area contributed by atoms with E-state index in [9.17, 15) is 0 Å². The smallest absolute Gasteiger partial charge is 0.173 e. The van der Waals surface area contributed by atoms with E-state index in [-0.39, 0.29) is 12.1 Å². The second-order valence-corrected chi connectivity index (χ2v) is 8.73. The number of para-hydroxylation sites is 1. The Morgan fingerprint density at radius 1 is 1.00 bits per heavy atom. The van der Waals surface area contributed by atoms with Crippen molar-refractivity contribution in [1.82, 2.24) is 25.1 Å². The Morgan fingerprint density at radius 2 is 1.79 bits per heavy atom. The summed E-state index contributed by atoms with van der Waals surface area (Å²) >= 11 is 0. The molecule has 34 heavy (non-hydrogen) atoms. The Morgan fingerprint density at radius 3 is 2.50 bits per heavy atom. The molecule has 2 atom stereocenters. The van der Waals surface area contributed by atoms with Crippen LogP contribution in [0.5, 0.6) is 11.5 Å². The molecule has 9 heteroatoms. The number of aromatic nitrogens is 4. The second kappa shape index (κ2) is 10.4. The van der Waals surface area contributed by atoms with Crippen LogP contribution in [-0.2, 0) is 11.3 Å². The number of nitrogens with zero attached hydrogens (tertiary/aromatic N) is 6. The highest BCUT2D eigenvalue weighted by molar-refractivity contribution is 5.47. The number of tetrazole rings is 1. The highest BCUT2D eigenvalue weighted by Gasteiger charge is 2.32. The van der Waals surface area contributed by atoms with Crippen molar-refractivity contribution < 1.29 is 14.2 Å². The summed E-state index contributed by atoms with van der Waals surface area (Å²) in [7, 11) is 3.32. The van der Waals surface area contributed by atoms with E-state index in [0.717, 1.165) is 57.0 Å². The maximum Gasteiger partial charge on any atom is 0.173 e. The van der Waals surface area contributed by atoms with E-state index in [1.807, 2.05) is 16.8 Å². The van der Waals surface area contributed by atoms with Crippen LogP contribution in [0.2, 0.25) is 0 Å². The average Bonchev–Trinajstić information content (AvgIpc) is 3.58. The lowest BCUT2D eigenvalue weighted by Crippen LogP contribution is -2.48. The third-order valence-corrected chi connectivity index (χ3v) is 6.73. The number of hydrogen-bond donors (Lipinski definition) is 0. The maximum atomic E-state index is 5.87. The lowest BCUT2D eigenvalue weighted by Gasteiger charge is -2.40. The Bertz CT molecular complexity index is 1060. The summed E-state index contributed by atoms with van der Waals surface area (Å²) in [6.07, 6.45) is 2.28. The van der Waals surface area contributed by atoms with Gasteiger partial charge in [-0.3, -0.25) is 4.90 Å². The van der Waals surface area contributed by atoms with Gasteiger partial charge in [-0.1, -0.05) is 24.3 Å². The Kier molecular flexibility index (Phi) is 6.92. The first-order valence-corrected chi connectivity index (χ1v) is 11.9. The summed E-state index contributed by atoms with van der Waals surface area (Å²) in [5.41, 5.74) is 2.34. The molecule has 0 unspecified atom stereocenters. The molecular formula is C25H32N6O3. The first-order chi connectivity index (χ1) is 16.8. The zero-order valence-electron chi connectivity index (χ0n) is 19.8. The van der Waals surface area contributed by atoms with E-state index >= 15 is 0 Å². The standard InChI is InChI=1S/C25H32N6O3/c1-32-22-11-10-19(17-23(22)33-2)24(25-26-27-28-31(25)18-21-9-6-16-34-21)30-14-12-29(13-15-30)20-7-4-3-5-8-20/h3-5,7-8,10-11,17,21,24H,6,9,12-16,18H2,1-2H3/t21-,24+/m0/s1. The minimum Gasteiger partial charge on any atom is -0.493 e. The molecule has 0 bridgehead atoms. The largest absolute Gasteiger partial charge is 0.493 e. The van der Waals surface area contributed by atoms with Crippen LogP contribution in [-0.4, -0.2) is 78.2 Å². The molecule has 3 aromatic rings. The lowest BCUT2D eigenvalue weighted by atomic mass is 10.0. The molecule has 0 aliphatic carbocycles. The number of benzene rings is 2. The fraction of sp³-hybridized carbons (Fsp3) is 0.480. The predicted octanol–water partition coefficient (Wildman–Crippen LogP) is 2.78. The number of anilines is 1. The van der Waals surface area contributed by atoms with Gasteiger partial charge in [-0.25, -0.2) is 4.68 Å². The van der Waals surface area contributed by atoms with Gasteiger partial charge in [0, 0.05) is 38.5 Å². The van der Waals surface area contributed by atoms with Crippen molar-refractivity contribution >= 4 is 5.69 Å². The maximum absolute atomic E-state index is 5.87. The summed E-state index contributed by atoms with van der Waals surface area (Å²) in [4.78, 5) is 4.88. The monoisotopic (exact) mass is 464 g/mol. The fourth-order valence-electron chi connectivity index (χ4n) is 4.94. The van der Waals surface area contributed by atoms with E-state index in [2.05, 4.69) is 61.7 Å². The Balaban J connectivity index is 1.44. The van der Waals surface area contributed by atoms with Crippen molar-refractivity contribution in [3.8, 4) is 11.5 Å². The van der Waals surface area contributed by atoms with Gasteiger partial charge in [0.25, 0.3) is 0 Å². The van der Waals surface area contributed by atoms with Gasteiger partial charge in [0.15, 0.2) is 17.3 Å². The van der Waals surface area contributed by atoms with Crippen LogP contribution in [0.25, 0.3) is 0 Å². The van der Waals surface area contributed by atoms with Gasteiger partial charge in [0.05, 0.1) is 32.9 Å². The van der Waals surface area contributed by atoms with Crippen LogP contribution in [0.15, 0.2) is 48.5 Å². The third kappa shape index (κ3) is 4.71. The summed E-state index contributed by atoms with van der Waals surface area (Å²) < 4.78 is 18.9. The van der Waals surface area contributed by atoms with Gasteiger partial charge < -0.3 is 19.1 Å². The van der Waals surface area contributed by atoms with Crippen LogP contribution >= 0.6 is 0 Å². The number of hydrogen-bond acceptors (Lipinski definition) is 8. The summed E-state index contributed by atoms with van der Waals surface area (Å²) in [6, 6.07) is 16.6. The van der Waals surface area contributed by atoms with Crippen molar-refractivity contribution in [3.05, 3.63) is 59.9 Å². The van der Waals surface area contributed by atoms with Crippen molar-refractivity contribution in [3.63, 3.8) is 0 Å². The third-order valence-electron chi connectivity index (χ3n) is 6.73. The summed E-state index contributed by atoms with van der Waals surface area (Å²) in [5, 5.41) is 12.9. The molecule has 2 aromatic carbocycles. The lowest BCUT2D eigenvalue weighted by molar-refractivity contribution is 0.0906. The quantitative estimate of drug-likeness (QED) is 0.504. The normalized spacial score (nSPS) is 19.8. The number of methoxy groups -OCH3 is 2. The number of ether oxygens (including phenoxy) is 3. The van der Waals surface area contributed by atoms with Gasteiger partial charge in [-0.15, -0.1) is 5.10 Å². The molecule has 0 radical (unpaired) electrons. The highest BCUT2D eigenvalue weighted by atomic mass is 16.5. The highest BCUT2D eigenvalue weighted by Crippen LogP contribution is 2.35. The van der Waals surface area contributed by atoms with E-state index in [1.165, 1.54) is 5.69 Å². The van der Waals surface area contributed by atoms with E-state index in [4.69, 9.17) is 14.2 Å². The molecular weight excluding hydrogens is 432 g/mol. The molecule has 3 heterocycles. The zero-order valence-corrected chi connectivity index (χ0v) is 19.8. The molecule has 180 valence electrons. The molecule has 2 aliphatic heterocycles. The van der Waals surface area contributed by atoms with Crippen molar-refractivity contribution in [2.75, 3.05) is 51.9 Å². The number of rotatable bonds is 8. The topological polar surface area (TPSA) is 77.8 Å². The first-order valence-electron chi connectivity index (χ1n) is 11.9. The Labute approximate surface area is 200 Å². The number of piperazine rings is 1. The van der Waals surface area contributed by atoms with Crippen LogP contribution < -0.4 is 14.4 Å².